The summed E-state index contributed by atoms with van der Waals surface area (Å²) in [5, 5.41) is 15.7. The van der Waals surface area contributed by atoms with Crippen LogP contribution in [0.15, 0.2) is 71.7 Å². The Morgan fingerprint density at radius 2 is 1.75 bits per heavy atom. The van der Waals surface area contributed by atoms with Gasteiger partial charge in [-0.25, -0.2) is 9.78 Å². The molecule has 4 heterocycles. The fraction of sp³-hybridized carbons (Fsp3) is 0.207. The van der Waals surface area contributed by atoms with Gasteiger partial charge in [-0.05, 0) is 11.1 Å². The number of nitrogen functional groups attached to an aromatic ring is 1. The lowest BCUT2D eigenvalue weighted by atomic mass is 10.0. The number of thioether (sulfide) groups is 1. The molecule has 0 bridgehead atoms. The molecule has 4 N–H and O–H groups in total. The number of carbonyl (C=O) groups excluding carboxylic acids is 4. The SMILES string of the molecule is CC(=O)Nc1nnc(C2=C(C(=O)OC(c3ccccc3)c3ccccc3)N3C(=O)C(NC(=O)Cc4csc(N)n4)[C@@H]3SC2)s1. The molecule has 0 saturated carbocycles. The zero-order chi connectivity index (χ0) is 30.8. The van der Waals surface area contributed by atoms with Crippen LogP contribution in [0.25, 0.3) is 5.57 Å². The number of anilines is 2. The van der Waals surface area contributed by atoms with Crippen molar-refractivity contribution < 1.29 is 23.9 Å². The number of amides is 3. The predicted molar refractivity (Wildman–Crippen MR) is 167 cm³/mol. The lowest BCUT2D eigenvalue weighted by molar-refractivity contribution is -0.154. The second-order valence-electron chi connectivity index (χ2n) is 9.84. The number of nitrogens with one attached hydrogen (secondary N) is 2. The summed E-state index contributed by atoms with van der Waals surface area (Å²) in [6.45, 7) is 1.36. The number of rotatable bonds is 9. The number of aromatic nitrogens is 3. The maximum absolute atomic E-state index is 14.1. The number of carbonyl (C=O) groups is 4. The maximum Gasteiger partial charge on any atom is 0.356 e. The molecule has 15 heteroatoms. The van der Waals surface area contributed by atoms with Crippen molar-refractivity contribution in [2.75, 3.05) is 16.8 Å². The van der Waals surface area contributed by atoms with Crippen molar-refractivity contribution in [1.29, 1.82) is 0 Å². The van der Waals surface area contributed by atoms with Gasteiger partial charge in [-0.1, -0.05) is 72.0 Å². The van der Waals surface area contributed by atoms with Crippen LogP contribution in [0.1, 0.15) is 34.9 Å². The van der Waals surface area contributed by atoms with Gasteiger partial charge in [0.1, 0.15) is 22.1 Å². The highest BCUT2D eigenvalue weighted by Gasteiger charge is 2.55. The van der Waals surface area contributed by atoms with E-state index in [0.29, 0.717) is 21.4 Å². The third kappa shape index (κ3) is 6.06. The Bertz CT molecular complexity index is 1720. The quantitative estimate of drug-likeness (QED) is 0.181. The van der Waals surface area contributed by atoms with Crippen molar-refractivity contribution >= 4 is 74.0 Å². The van der Waals surface area contributed by atoms with Gasteiger partial charge in [0.15, 0.2) is 11.2 Å². The molecular weight excluding hydrogens is 623 g/mol. The number of esters is 1. The third-order valence-electron chi connectivity index (χ3n) is 6.78. The van der Waals surface area contributed by atoms with E-state index in [-0.39, 0.29) is 34.8 Å². The Morgan fingerprint density at radius 1 is 1.07 bits per heavy atom. The standard InChI is InChI=1S/C29H25N7O5S3/c1-15(37)31-29-35-34-24(44-29)19-14-42-26-21(33-20(38)12-18-13-43-28(30)32-18)25(39)36(26)22(19)27(40)41-23(16-8-4-2-5-9-16)17-10-6-3-7-11-17/h2-11,13,21,23,26H,12,14H2,1H3,(H2,30,32)(H,33,38)(H,31,35,37)/t21?,26-/m0/s1. The summed E-state index contributed by atoms with van der Waals surface area (Å²) >= 11 is 3.69. The monoisotopic (exact) mass is 647 g/mol. The molecule has 0 radical (unpaired) electrons. The first-order valence-corrected chi connectivity index (χ1v) is 16.1. The zero-order valence-electron chi connectivity index (χ0n) is 23.1. The van der Waals surface area contributed by atoms with Crippen molar-refractivity contribution in [3.8, 4) is 0 Å². The Hall–Kier alpha value is -4.60. The number of nitrogens with two attached hydrogens (primary N) is 1. The van der Waals surface area contributed by atoms with Crippen LogP contribution in [0.4, 0.5) is 10.3 Å². The van der Waals surface area contributed by atoms with Gasteiger partial charge in [0.05, 0.1) is 12.1 Å². The van der Waals surface area contributed by atoms with Crippen LogP contribution in [0.3, 0.4) is 0 Å². The molecule has 2 atom stereocenters. The topological polar surface area (TPSA) is 170 Å². The number of benzene rings is 2. The summed E-state index contributed by atoms with van der Waals surface area (Å²) in [5.74, 6) is -1.60. The van der Waals surface area contributed by atoms with Gasteiger partial charge in [0.25, 0.3) is 5.91 Å². The van der Waals surface area contributed by atoms with Crippen molar-refractivity contribution in [1.82, 2.24) is 25.4 Å². The van der Waals surface area contributed by atoms with Crippen LogP contribution in [-0.2, 0) is 30.3 Å². The molecule has 6 rings (SSSR count). The summed E-state index contributed by atoms with van der Waals surface area (Å²) in [5.41, 5.74) is 8.16. The predicted octanol–water partition coefficient (Wildman–Crippen LogP) is 3.22. The summed E-state index contributed by atoms with van der Waals surface area (Å²) in [6, 6.07) is 17.8. The molecule has 2 aromatic heterocycles. The molecule has 3 amide bonds. The number of hydrogen-bond acceptors (Lipinski definition) is 12. The van der Waals surface area contributed by atoms with E-state index in [2.05, 4.69) is 25.8 Å². The van der Waals surface area contributed by atoms with Gasteiger partial charge >= 0.3 is 5.97 Å². The van der Waals surface area contributed by atoms with Crippen molar-refractivity contribution in [2.24, 2.45) is 0 Å². The van der Waals surface area contributed by atoms with Gasteiger partial charge in [-0.2, -0.15) is 0 Å². The molecule has 0 spiro atoms. The lowest BCUT2D eigenvalue weighted by Crippen LogP contribution is -2.70. The molecule has 224 valence electrons. The summed E-state index contributed by atoms with van der Waals surface area (Å²) in [6.07, 6.45) is -0.786. The molecule has 2 aliphatic heterocycles. The number of thiazole rings is 1. The van der Waals surface area contributed by atoms with E-state index in [1.54, 1.807) is 5.38 Å². The molecular formula is C29H25N7O5S3. The van der Waals surface area contributed by atoms with Crippen LogP contribution in [0.5, 0.6) is 0 Å². The maximum atomic E-state index is 14.1. The Labute approximate surface area is 263 Å². The molecule has 4 aromatic rings. The van der Waals surface area contributed by atoms with E-state index in [4.69, 9.17) is 10.5 Å². The van der Waals surface area contributed by atoms with Crippen LogP contribution in [0, 0.1) is 0 Å². The second kappa shape index (κ2) is 12.6. The van der Waals surface area contributed by atoms with Crippen LogP contribution in [0.2, 0.25) is 0 Å². The third-order valence-corrected chi connectivity index (χ3v) is 9.69. The second-order valence-corrected chi connectivity index (χ2v) is 12.8. The smallest absolute Gasteiger partial charge is 0.356 e. The first-order chi connectivity index (χ1) is 21.3. The molecule has 1 fully saturated rings. The van der Waals surface area contributed by atoms with E-state index < -0.39 is 29.4 Å². The Balaban J connectivity index is 1.32. The summed E-state index contributed by atoms with van der Waals surface area (Å²) in [7, 11) is 0. The molecule has 2 aliphatic rings. The number of fused-ring (bicyclic) bond motifs is 1. The van der Waals surface area contributed by atoms with E-state index >= 15 is 0 Å². The average Bonchev–Trinajstić information content (AvgIpc) is 3.66. The van der Waals surface area contributed by atoms with Crippen LogP contribution in [-0.4, -0.2) is 60.9 Å². The van der Waals surface area contributed by atoms with Gasteiger partial charge in [-0.15, -0.1) is 33.3 Å². The highest BCUT2D eigenvalue weighted by atomic mass is 32.2. The largest absolute Gasteiger partial charge is 0.448 e. The van der Waals surface area contributed by atoms with Gasteiger partial charge < -0.3 is 21.1 Å². The number of hydrogen-bond donors (Lipinski definition) is 3. The van der Waals surface area contributed by atoms with Crippen molar-refractivity contribution in [3.05, 3.63) is 93.6 Å². The first kappa shape index (κ1) is 29.5. The number of ether oxygens (including phenoxy) is 1. The molecule has 44 heavy (non-hydrogen) atoms. The molecule has 0 aliphatic carbocycles. The lowest BCUT2D eigenvalue weighted by Gasteiger charge is -2.49. The molecule has 1 unspecified atom stereocenters. The fourth-order valence-electron chi connectivity index (χ4n) is 4.86. The van der Waals surface area contributed by atoms with Crippen LogP contribution < -0.4 is 16.4 Å². The first-order valence-electron chi connectivity index (χ1n) is 13.4. The van der Waals surface area contributed by atoms with Crippen LogP contribution >= 0.6 is 34.4 Å². The molecule has 1 saturated heterocycles. The summed E-state index contributed by atoms with van der Waals surface area (Å²) in [4.78, 5) is 57.5. The number of β-lactam (4-membered cyclic amide) rings is 1. The Morgan fingerprint density at radius 3 is 2.36 bits per heavy atom. The average molecular weight is 648 g/mol. The van der Waals surface area contributed by atoms with Gasteiger partial charge in [0.2, 0.25) is 16.9 Å². The molecule has 2 aromatic carbocycles. The number of nitrogens with zero attached hydrogens (tertiary/aromatic N) is 4. The molecule has 12 nitrogen and oxygen atoms in total. The highest BCUT2D eigenvalue weighted by Crippen LogP contribution is 2.45. The fourth-order valence-corrected chi connectivity index (χ4v) is 7.69. The van der Waals surface area contributed by atoms with Crippen molar-refractivity contribution in [3.63, 3.8) is 0 Å². The highest BCUT2D eigenvalue weighted by molar-refractivity contribution is 8.00. The van der Waals surface area contributed by atoms with E-state index in [0.717, 1.165) is 22.5 Å². The van der Waals surface area contributed by atoms with Gasteiger partial charge in [-0.3, -0.25) is 19.3 Å². The minimum Gasteiger partial charge on any atom is -0.448 e. The minimum absolute atomic E-state index is 0.0268. The zero-order valence-corrected chi connectivity index (χ0v) is 25.6. The van der Waals surface area contributed by atoms with E-state index in [1.807, 2.05) is 60.7 Å². The van der Waals surface area contributed by atoms with E-state index in [9.17, 15) is 19.2 Å². The summed E-state index contributed by atoms with van der Waals surface area (Å²) < 4.78 is 6.16. The van der Waals surface area contributed by atoms with E-state index in [1.165, 1.54) is 34.9 Å². The normalized spacial score (nSPS) is 17.6. The van der Waals surface area contributed by atoms with Crippen molar-refractivity contribution in [2.45, 2.75) is 30.9 Å². The van der Waals surface area contributed by atoms with Gasteiger partial charge in [0, 0.05) is 23.6 Å². The Kier molecular flexibility index (Phi) is 8.41. The minimum atomic E-state index is -0.851.